The van der Waals surface area contributed by atoms with Gasteiger partial charge in [-0.3, -0.25) is 0 Å². The second kappa shape index (κ2) is 5.05. The normalized spacial score (nSPS) is 15.8. The second-order valence-electron chi connectivity index (χ2n) is 4.24. The van der Waals surface area contributed by atoms with Crippen LogP contribution >= 0.6 is 15.9 Å². The van der Waals surface area contributed by atoms with Crippen molar-refractivity contribution in [2.75, 3.05) is 18.0 Å². The number of hydrogen-bond acceptors (Lipinski definition) is 3. The first-order chi connectivity index (χ1) is 8.43. The van der Waals surface area contributed by atoms with Crippen molar-refractivity contribution in [1.29, 1.82) is 0 Å². The fraction of sp³-hybridized carbons (Fsp3) is 0.545. The molecule has 18 heavy (non-hydrogen) atoms. The zero-order chi connectivity index (χ0) is 13.3. The number of rotatable bonds is 4. The summed E-state index contributed by atoms with van der Waals surface area (Å²) >= 11 is 3.02. The highest BCUT2D eigenvalue weighted by Gasteiger charge is 2.39. The van der Waals surface area contributed by atoms with E-state index < -0.39 is 11.7 Å². The Bertz CT molecular complexity index is 432. The van der Waals surface area contributed by atoms with E-state index in [9.17, 15) is 13.2 Å². The maximum atomic E-state index is 13.0. The van der Waals surface area contributed by atoms with E-state index in [-0.39, 0.29) is 11.9 Å². The number of alkyl halides is 3. The summed E-state index contributed by atoms with van der Waals surface area (Å²) in [6, 6.07) is 1.21. The summed E-state index contributed by atoms with van der Waals surface area (Å²) in [4.78, 5) is 5.59. The van der Waals surface area contributed by atoms with Gasteiger partial charge >= 0.3 is 6.18 Å². The summed E-state index contributed by atoms with van der Waals surface area (Å²) < 4.78 is 39.3. The lowest BCUT2D eigenvalue weighted by Gasteiger charge is -2.26. The standard InChI is InChI=1S/C11H13BrF3N3/c12-7-5-9(11(13,14)15)10(17-6-7)18(4-3-16)8-1-2-8/h5-6,8H,1-4,16H2. The number of halogens is 4. The first-order valence-electron chi connectivity index (χ1n) is 5.63. The number of pyridine rings is 1. The van der Waals surface area contributed by atoms with Gasteiger partial charge in [0.25, 0.3) is 0 Å². The van der Waals surface area contributed by atoms with E-state index in [4.69, 9.17) is 5.73 Å². The van der Waals surface area contributed by atoms with Gasteiger partial charge in [-0.15, -0.1) is 0 Å². The summed E-state index contributed by atoms with van der Waals surface area (Å²) in [6.07, 6.45) is -1.23. The molecule has 1 heterocycles. The third-order valence-electron chi connectivity index (χ3n) is 2.77. The van der Waals surface area contributed by atoms with Gasteiger partial charge in [0, 0.05) is 29.8 Å². The van der Waals surface area contributed by atoms with E-state index in [1.165, 1.54) is 6.20 Å². The molecule has 0 saturated heterocycles. The van der Waals surface area contributed by atoms with E-state index in [0.717, 1.165) is 18.9 Å². The van der Waals surface area contributed by atoms with Gasteiger partial charge in [0.15, 0.2) is 0 Å². The summed E-state index contributed by atoms with van der Waals surface area (Å²) in [5.74, 6) is -0.0151. The Morgan fingerprint density at radius 2 is 2.11 bits per heavy atom. The number of anilines is 1. The summed E-state index contributed by atoms with van der Waals surface area (Å²) in [6.45, 7) is 0.702. The Hall–Kier alpha value is -0.820. The SMILES string of the molecule is NCCN(c1ncc(Br)cc1C(F)(F)F)C1CC1. The van der Waals surface area contributed by atoms with Gasteiger partial charge in [-0.25, -0.2) is 4.98 Å². The first-order valence-corrected chi connectivity index (χ1v) is 6.42. The second-order valence-corrected chi connectivity index (χ2v) is 5.15. The topological polar surface area (TPSA) is 42.1 Å². The van der Waals surface area contributed by atoms with Crippen molar-refractivity contribution in [1.82, 2.24) is 4.98 Å². The van der Waals surface area contributed by atoms with Gasteiger partial charge in [-0.2, -0.15) is 13.2 Å². The van der Waals surface area contributed by atoms with Gasteiger partial charge in [0.2, 0.25) is 0 Å². The molecule has 2 N–H and O–H groups in total. The number of nitrogens with zero attached hydrogens (tertiary/aromatic N) is 2. The van der Waals surface area contributed by atoms with Crippen molar-refractivity contribution < 1.29 is 13.2 Å². The molecule has 1 fully saturated rings. The van der Waals surface area contributed by atoms with Crippen molar-refractivity contribution in [2.45, 2.75) is 25.1 Å². The Balaban J connectivity index is 2.41. The van der Waals surface area contributed by atoms with Crippen LogP contribution < -0.4 is 10.6 Å². The highest BCUT2D eigenvalue weighted by Crippen LogP contribution is 2.40. The van der Waals surface area contributed by atoms with Gasteiger partial charge < -0.3 is 10.6 Å². The zero-order valence-electron chi connectivity index (χ0n) is 9.54. The van der Waals surface area contributed by atoms with Crippen LogP contribution in [0.4, 0.5) is 19.0 Å². The van der Waals surface area contributed by atoms with Gasteiger partial charge in [0.05, 0.1) is 5.56 Å². The van der Waals surface area contributed by atoms with Crippen molar-refractivity contribution in [2.24, 2.45) is 5.73 Å². The summed E-state index contributed by atoms with van der Waals surface area (Å²) in [7, 11) is 0. The molecule has 0 radical (unpaired) electrons. The molecule has 0 aromatic carbocycles. The van der Waals surface area contributed by atoms with Crippen LogP contribution in [0.3, 0.4) is 0 Å². The van der Waals surface area contributed by atoms with Crippen LogP contribution in [-0.2, 0) is 6.18 Å². The molecule has 7 heteroatoms. The molecule has 3 nitrogen and oxygen atoms in total. The van der Waals surface area contributed by atoms with Crippen molar-refractivity contribution in [3.05, 3.63) is 22.3 Å². The molecule has 2 rings (SSSR count). The monoisotopic (exact) mass is 323 g/mol. The minimum absolute atomic E-state index is 0.0151. The molecule has 100 valence electrons. The molecule has 1 aliphatic rings. The quantitative estimate of drug-likeness (QED) is 0.926. The molecule has 0 atom stereocenters. The van der Waals surface area contributed by atoms with Gasteiger partial charge in [0.1, 0.15) is 5.82 Å². The highest BCUT2D eigenvalue weighted by atomic mass is 79.9. The lowest BCUT2D eigenvalue weighted by atomic mass is 10.2. The van der Waals surface area contributed by atoms with E-state index in [1.54, 1.807) is 4.90 Å². The largest absolute Gasteiger partial charge is 0.419 e. The van der Waals surface area contributed by atoms with E-state index in [0.29, 0.717) is 17.6 Å². The summed E-state index contributed by atoms with van der Waals surface area (Å²) in [5, 5.41) is 0. The Morgan fingerprint density at radius 3 is 2.61 bits per heavy atom. The fourth-order valence-electron chi connectivity index (χ4n) is 1.86. The lowest BCUT2D eigenvalue weighted by Crippen LogP contribution is -2.34. The molecule has 0 aliphatic heterocycles. The third kappa shape index (κ3) is 2.95. The van der Waals surface area contributed by atoms with Crippen LogP contribution in [0.25, 0.3) is 0 Å². The lowest BCUT2D eigenvalue weighted by molar-refractivity contribution is -0.137. The zero-order valence-corrected chi connectivity index (χ0v) is 11.1. The number of hydrogen-bond donors (Lipinski definition) is 1. The summed E-state index contributed by atoms with van der Waals surface area (Å²) in [5.41, 5.74) is 4.75. The molecule has 1 aliphatic carbocycles. The molecule has 1 saturated carbocycles. The smallest absolute Gasteiger partial charge is 0.352 e. The minimum Gasteiger partial charge on any atom is -0.352 e. The Morgan fingerprint density at radius 1 is 1.44 bits per heavy atom. The molecule has 0 amide bonds. The highest BCUT2D eigenvalue weighted by molar-refractivity contribution is 9.10. The predicted molar refractivity (Wildman–Crippen MR) is 66.4 cm³/mol. The molecule has 1 aromatic heterocycles. The van der Waals surface area contributed by atoms with Crippen LogP contribution in [0.1, 0.15) is 18.4 Å². The van der Waals surface area contributed by atoms with E-state index in [1.807, 2.05) is 0 Å². The van der Waals surface area contributed by atoms with Crippen LogP contribution in [0.5, 0.6) is 0 Å². The maximum Gasteiger partial charge on any atom is 0.419 e. The average molecular weight is 324 g/mol. The predicted octanol–water partition coefficient (Wildman–Crippen LogP) is 2.79. The molecule has 0 bridgehead atoms. The number of nitrogens with two attached hydrogens (primary N) is 1. The van der Waals surface area contributed by atoms with Gasteiger partial charge in [-0.05, 0) is 34.8 Å². The fourth-order valence-corrected chi connectivity index (χ4v) is 2.19. The van der Waals surface area contributed by atoms with Gasteiger partial charge in [-0.1, -0.05) is 0 Å². The third-order valence-corrected chi connectivity index (χ3v) is 3.20. The van der Waals surface area contributed by atoms with Crippen molar-refractivity contribution >= 4 is 21.7 Å². The maximum absolute atomic E-state index is 13.0. The van der Waals surface area contributed by atoms with Crippen LogP contribution in [0.2, 0.25) is 0 Å². The average Bonchev–Trinajstić information content (AvgIpc) is 3.09. The first kappa shape index (κ1) is 13.6. The minimum atomic E-state index is -4.41. The molecule has 1 aromatic rings. The Kier molecular flexibility index (Phi) is 3.82. The molecular formula is C11H13BrF3N3. The molecular weight excluding hydrogens is 311 g/mol. The van der Waals surface area contributed by atoms with Crippen LogP contribution in [-0.4, -0.2) is 24.1 Å². The number of aromatic nitrogens is 1. The van der Waals surface area contributed by atoms with E-state index >= 15 is 0 Å². The van der Waals surface area contributed by atoms with Crippen LogP contribution in [0.15, 0.2) is 16.7 Å². The van der Waals surface area contributed by atoms with Crippen molar-refractivity contribution in [3.8, 4) is 0 Å². The molecule has 0 unspecified atom stereocenters. The molecule has 0 spiro atoms. The Labute approximate surface area is 111 Å². The van der Waals surface area contributed by atoms with E-state index in [2.05, 4.69) is 20.9 Å². The van der Waals surface area contributed by atoms with Crippen molar-refractivity contribution in [3.63, 3.8) is 0 Å². The van der Waals surface area contributed by atoms with Crippen LogP contribution in [0, 0.1) is 0 Å².